The second-order valence-corrected chi connectivity index (χ2v) is 6.22. The van der Waals surface area contributed by atoms with Gasteiger partial charge in [0, 0.05) is 0 Å². The highest BCUT2D eigenvalue weighted by Crippen LogP contribution is 2.14. The molecule has 1 atom stereocenters. The zero-order valence-corrected chi connectivity index (χ0v) is 14.5. The molecule has 0 spiro atoms. The van der Waals surface area contributed by atoms with Gasteiger partial charge >= 0.3 is 0 Å². The summed E-state index contributed by atoms with van der Waals surface area (Å²) < 4.78 is 0. The van der Waals surface area contributed by atoms with Crippen LogP contribution in [0.1, 0.15) is 66.2 Å². The molecule has 1 N–H and O–H groups in total. The van der Waals surface area contributed by atoms with Crippen LogP contribution in [0.2, 0.25) is 0 Å². The number of aliphatic hydroxyl groups excluding tert-OH is 1. The normalized spacial score (nSPS) is 14.0. The summed E-state index contributed by atoms with van der Waals surface area (Å²) in [7, 11) is 0. The van der Waals surface area contributed by atoms with E-state index in [2.05, 4.69) is 52.5 Å². The molecule has 0 radical (unpaired) electrons. The molecule has 1 unspecified atom stereocenters. The lowest BCUT2D eigenvalue weighted by Crippen LogP contribution is -1.93. The monoisotopic (exact) mass is 290 g/mol. The van der Waals surface area contributed by atoms with Crippen molar-refractivity contribution in [1.29, 1.82) is 0 Å². The molecule has 0 aromatic rings. The van der Waals surface area contributed by atoms with E-state index in [0.29, 0.717) is 5.92 Å². The Bertz CT molecular complexity index is 367. The summed E-state index contributed by atoms with van der Waals surface area (Å²) in [4.78, 5) is 0. The minimum absolute atomic E-state index is 0.188. The molecule has 1 heteroatoms. The third kappa shape index (κ3) is 12.4. The highest BCUT2D eigenvalue weighted by Gasteiger charge is 1.98. The molecule has 0 aliphatic rings. The Morgan fingerprint density at radius 1 is 1.00 bits per heavy atom. The quantitative estimate of drug-likeness (QED) is 0.464. The molecule has 0 aromatic heterocycles. The summed E-state index contributed by atoms with van der Waals surface area (Å²) >= 11 is 0. The van der Waals surface area contributed by atoms with E-state index in [1.54, 1.807) is 0 Å². The van der Waals surface area contributed by atoms with Crippen molar-refractivity contribution in [3.63, 3.8) is 0 Å². The fraction of sp³-hybridized carbons (Fsp3) is 0.600. The summed E-state index contributed by atoms with van der Waals surface area (Å²) in [6.45, 7) is 12.7. The van der Waals surface area contributed by atoms with Crippen LogP contribution in [-0.4, -0.2) is 11.7 Å². The highest BCUT2D eigenvalue weighted by molar-refractivity contribution is 5.07. The molecule has 0 fully saturated rings. The summed E-state index contributed by atoms with van der Waals surface area (Å²) in [5.74, 6) is 0.554. The molecule has 1 nitrogen and oxygen atoms in total. The van der Waals surface area contributed by atoms with Gasteiger partial charge in [0.15, 0.2) is 0 Å². The molecule has 0 saturated heterocycles. The average molecular weight is 290 g/mol. The van der Waals surface area contributed by atoms with Crippen LogP contribution in [0, 0.1) is 5.92 Å². The van der Waals surface area contributed by atoms with Crippen LogP contribution < -0.4 is 0 Å². The van der Waals surface area contributed by atoms with E-state index in [4.69, 9.17) is 0 Å². The van der Waals surface area contributed by atoms with E-state index in [0.717, 1.165) is 38.5 Å². The molecule has 0 aliphatic heterocycles. The minimum atomic E-state index is 0.188. The van der Waals surface area contributed by atoms with Crippen molar-refractivity contribution in [2.75, 3.05) is 6.61 Å². The average Bonchev–Trinajstić information content (AvgIpc) is 2.44. The van der Waals surface area contributed by atoms with Crippen LogP contribution in [0.25, 0.3) is 0 Å². The van der Waals surface area contributed by atoms with Crippen molar-refractivity contribution < 1.29 is 5.11 Å². The fourth-order valence-corrected chi connectivity index (χ4v) is 2.11. The molecule has 0 aromatic carbocycles. The molecule has 0 saturated carbocycles. The van der Waals surface area contributed by atoms with Crippen molar-refractivity contribution in [3.05, 3.63) is 47.6 Å². The number of aliphatic hydroxyl groups is 1. The first-order valence-corrected chi connectivity index (χ1v) is 8.19. The summed E-state index contributed by atoms with van der Waals surface area (Å²) in [5, 5.41) is 9.40. The Morgan fingerprint density at radius 3 is 2.24 bits per heavy atom. The number of allylic oxidation sites excluding steroid dienone is 6. The van der Waals surface area contributed by atoms with Gasteiger partial charge in [-0.15, -0.1) is 6.58 Å². The van der Waals surface area contributed by atoms with Gasteiger partial charge in [-0.2, -0.15) is 0 Å². The second kappa shape index (κ2) is 12.6. The third-order valence-electron chi connectivity index (χ3n) is 3.71. The molecule has 0 heterocycles. The second-order valence-electron chi connectivity index (χ2n) is 6.22. The molecule has 21 heavy (non-hydrogen) atoms. The molecule has 0 rings (SSSR count). The molecule has 120 valence electrons. The summed E-state index contributed by atoms with van der Waals surface area (Å²) in [6.07, 6.45) is 15.2. The van der Waals surface area contributed by atoms with Gasteiger partial charge in [0.1, 0.15) is 0 Å². The van der Waals surface area contributed by atoms with Crippen molar-refractivity contribution in [2.45, 2.75) is 66.2 Å². The molecule has 0 amide bonds. The van der Waals surface area contributed by atoms with Crippen molar-refractivity contribution >= 4 is 0 Å². The van der Waals surface area contributed by atoms with E-state index in [1.807, 2.05) is 6.08 Å². The lowest BCUT2D eigenvalue weighted by Gasteiger charge is -2.06. The number of hydrogen-bond donors (Lipinski definition) is 1. The van der Waals surface area contributed by atoms with E-state index < -0.39 is 0 Å². The topological polar surface area (TPSA) is 20.2 Å². The van der Waals surface area contributed by atoms with Gasteiger partial charge in [-0.05, 0) is 70.8 Å². The van der Waals surface area contributed by atoms with Gasteiger partial charge < -0.3 is 5.11 Å². The van der Waals surface area contributed by atoms with E-state index in [1.165, 1.54) is 16.7 Å². The van der Waals surface area contributed by atoms with Gasteiger partial charge in [0.05, 0.1) is 6.61 Å². The predicted molar refractivity (Wildman–Crippen MR) is 95.4 cm³/mol. The van der Waals surface area contributed by atoms with E-state index in [-0.39, 0.29) is 6.61 Å². The lowest BCUT2D eigenvalue weighted by molar-refractivity contribution is 0.326. The Labute approximate surface area is 132 Å². The number of hydrogen-bond acceptors (Lipinski definition) is 1. The minimum Gasteiger partial charge on any atom is -0.392 e. The van der Waals surface area contributed by atoms with Crippen LogP contribution >= 0.6 is 0 Å². The third-order valence-corrected chi connectivity index (χ3v) is 3.71. The van der Waals surface area contributed by atoms with Crippen LogP contribution in [0.15, 0.2) is 47.6 Å². The van der Waals surface area contributed by atoms with Crippen molar-refractivity contribution in [1.82, 2.24) is 0 Å². The Kier molecular flexibility index (Phi) is 12.0. The van der Waals surface area contributed by atoms with Gasteiger partial charge in [-0.3, -0.25) is 0 Å². The lowest BCUT2D eigenvalue weighted by atomic mass is 10.0. The standard InChI is InChI=1S/C20H34O/c1-6-18(4)11-8-14-20(16-21)15-9-13-19(5)12-7-10-17(2)3/h6,10,13-14,18,21H,1,7-9,11-12,15-16H2,2-5H3. The van der Waals surface area contributed by atoms with Crippen LogP contribution in [-0.2, 0) is 0 Å². The van der Waals surface area contributed by atoms with E-state index >= 15 is 0 Å². The first-order chi connectivity index (χ1) is 9.99. The SMILES string of the molecule is C=CC(C)CCC=C(CO)CCC=C(C)CCC=C(C)C. The van der Waals surface area contributed by atoms with Gasteiger partial charge in [0.2, 0.25) is 0 Å². The molecule has 0 bridgehead atoms. The van der Waals surface area contributed by atoms with Crippen molar-refractivity contribution in [2.24, 2.45) is 5.92 Å². The molecule has 0 aliphatic carbocycles. The first-order valence-electron chi connectivity index (χ1n) is 8.19. The van der Waals surface area contributed by atoms with Crippen molar-refractivity contribution in [3.8, 4) is 0 Å². The molecular weight excluding hydrogens is 256 g/mol. The predicted octanol–water partition coefficient (Wildman–Crippen LogP) is 5.98. The number of rotatable bonds is 11. The van der Waals surface area contributed by atoms with E-state index in [9.17, 15) is 5.11 Å². The maximum absolute atomic E-state index is 9.40. The Morgan fingerprint density at radius 2 is 1.67 bits per heavy atom. The highest BCUT2D eigenvalue weighted by atomic mass is 16.3. The fourth-order valence-electron chi connectivity index (χ4n) is 2.11. The zero-order chi connectivity index (χ0) is 16.1. The summed E-state index contributed by atoms with van der Waals surface area (Å²) in [5.41, 5.74) is 4.01. The van der Waals surface area contributed by atoms with Gasteiger partial charge in [-0.1, -0.05) is 42.4 Å². The maximum atomic E-state index is 9.40. The van der Waals surface area contributed by atoms with Gasteiger partial charge in [0.25, 0.3) is 0 Å². The Balaban J connectivity index is 4.06. The van der Waals surface area contributed by atoms with Crippen LogP contribution in [0.5, 0.6) is 0 Å². The first kappa shape index (κ1) is 19.9. The van der Waals surface area contributed by atoms with Crippen LogP contribution in [0.3, 0.4) is 0 Å². The van der Waals surface area contributed by atoms with Gasteiger partial charge in [-0.25, -0.2) is 0 Å². The Hall–Kier alpha value is -1.08. The maximum Gasteiger partial charge on any atom is 0.0641 e. The summed E-state index contributed by atoms with van der Waals surface area (Å²) in [6, 6.07) is 0. The largest absolute Gasteiger partial charge is 0.392 e. The van der Waals surface area contributed by atoms with Crippen LogP contribution in [0.4, 0.5) is 0 Å². The molecular formula is C20H34O. The zero-order valence-electron chi connectivity index (χ0n) is 14.5. The smallest absolute Gasteiger partial charge is 0.0641 e.